The predicted molar refractivity (Wildman–Crippen MR) is 92.3 cm³/mol. The summed E-state index contributed by atoms with van der Waals surface area (Å²) in [5.41, 5.74) is 2.22. The number of carbonyl (C=O) groups is 1. The number of hydrogen-bond acceptors (Lipinski definition) is 3. The molecule has 0 N–H and O–H groups in total. The lowest BCUT2D eigenvalue weighted by Crippen LogP contribution is -2.52. The Morgan fingerprint density at radius 2 is 1.67 bits per heavy atom. The maximum atomic E-state index is 12.6. The molecule has 2 atom stereocenters. The van der Waals surface area contributed by atoms with Gasteiger partial charge in [-0.2, -0.15) is 0 Å². The van der Waals surface area contributed by atoms with Crippen molar-refractivity contribution >= 4 is 5.91 Å². The standard InChI is InChI=1S/C20H23NO3/c1-16-12-21(13-17-8-4-2-5-9-17)20(22)19(24-16)15-23-14-18-10-6-3-7-11-18/h2-11,16,19H,12-15H2,1H3/t16-,19+/m1/s1. The van der Waals surface area contributed by atoms with Crippen LogP contribution in [0, 0.1) is 0 Å². The van der Waals surface area contributed by atoms with Crippen LogP contribution in [0.3, 0.4) is 0 Å². The zero-order valence-electron chi connectivity index (χ0n) is 13.9. The Kier molecular flexibility index (Phi) is 5.62. The van der Waals surface area contributed by atoms with E-state index in [2.05, 4.69) is 0 Å². The number of morpholine rings is 1. The van der Waals surface area contributed by atoms with Gasteiger partial charge in [0, 0.05) is 13.1 Å². The summed E-state index contributed by atoms with van der Waals surface area (Å²) in [7, 11) is 0. The van der Waals surface area contributed by atoms with Crippen molar-refractivity contribution in [2.24, 2.45) is 0 Å². The molecular weight excluding hydrogens is 302 g/mol. The van der Waals surface area contributed by atoms with Gasteiger partial charge in [0.05, 0.1) is 19.3 Å². The molecule has 1 saturated heterocycles. The van der Waals surface area contributed by atoms with Crippen molar-refractivity contribution in [2.45, 2.75) is 32.3 Å². The number of ether oxygens (including phenoxy) is 2. The van der Waals surface area contributed by atoms with E-state index in [1.165, 1.54) is 0 Å². The fourth-order valence-electron chi connectivity index (χ4n) is 2.90. The van der Waals surface area contributed by atoms with E-state index in [1.807, 2.05) is 72.5 Å². The Balaban J connectivity index is 1.56. The van der Waals surface area contributed by atoms with Crippen LogP contribution in [0.25, 0.3) is 0 Å². The summed E-state index contributed by atoms with van der Waals surface area (Å²) in [5, 5.41) is 0. The molecule has 0 radical (unpaired) electrons. The first kappa shape index (κ1) is 16.7. The first-order valence-electron chi connectivity index (χ1n) is 8.32. The second-order valence-corrected chi connectivity index (χ2v) is 6.14. The van der Waals surface area contributed by atoms with Crippen LogP contribution in [-0.2, 0) is 27.4 Å². The van der Waals surface area contributed by atoms with Crippen LogP contribution >= 0.6 is 0 Å². The van der Waals surface area contributed by atoms with Crippen molar-refractivity contribution in [3.63, 3.8) is 0 Å². The van der Waals surface area contributed by atoms with Crippen LogP contribution < -0.4 is 0 Å². The van der Waals surface area contributed by atoms with Crippen molar-refractivity contribution in [1.82, 2.24) is 4.90 Å². The largest absolute Gasteiger partial charge is 0.374 e. The Labute approximate surface area is 143 Å². The number of benzene rings is 2. The van der Waals surface area contributed by atoms with Gasteiger partial charge in [-0.3, -0.25) is 4.79 Å². The summed E-state index contributed by atoms with van der Waals surface area (Å²) in [5.74, 6) is 0.00464. The highest BCUT2D eigenvalue weighted by atomic mass is 16.5. The highest BCUT2D eigenvalue weighted by Crippen LogP contribution is 2.16. The first-order chi connectivity index (χ1) is 11.7. The van der Waals surface area contributed by atoms with Gasteiger partial charge in [0.15, 0.2) is 6.10 Å². The lowest BCUT2D eigenvalue weighted by molar-refractivity contribution is -0.168. The highest BCUT2D eigenvalue weighted by molar-refractivity contribution is 5.81. The first-order valence-corrected chi connectivity index (χ1v) is 8.32. The summed E-state index contributed by atoms with van der Waals surface area (Å²) in [6.07, 6.45) is -0.516. The molecule has 1 aliphatic rings. The van der Waals surface area contributed by atoms with Gasteiger partial charge in [-0.25, -0.2) is 0 Å². The maximum absolute atomic E-state index is 12.6. The molecule has 1 heterocycles. The van der Waals surface area contributed by atoms with Crippen molar-refractivity contribution in [3.05, 3.63) is 71.8 Å². The molecule has 2 aromatic rings. The Hall–Kier alpha value is -2.17. The molecule has 1 fully saturated rings. The predicted octanol–water partition coefficient (Wildman–Crippen LogP) is 3.02. The van der Waals surface area contributed by atoms with Gasteiger partial charge >= 0.3 is 0 Å². The normalized spacial score (nSPS) is 21.0. The van der Waals surface area contributed by atoms with E-state index < -0.39 is 6.10 Å². The second-order valence-electron chi connectivity index (χ2n) is 6.14. The van der Waals surface area contributed by atoms with E-state index in [-0.39, 0.29) is 18.6 Å². The van der Waals surface area contributed by atoms with Gasteiger partial charge in [0.2, 0.25) is 0 Å². The summed E-state index contributed by atoms with van der Waals surface area (Å²) >= 11 is 0. The SMILES string of the molecule is C[C@@H]1CN(Cc2ccccc2)C(=O)[C@H](COCc2ccccc2)O1. The monoisotopic (exact) mass is 325 g/mol. The molecule has 126 valence electrons. The zero-order valence-corrected chi connectivity index (χ0v) is 13.9. The molecule has 4 heteroatoms. The lowest BCUT2D eigenvalue weighted by atomic mass is 10.1. The molecule has 1 amide bonds. The van der Waals surface area contributed by atoms with Gasteiger partial charge < -0.3 is 14.4 Å². The third-order valence-corrected chi connectivity index (χ3v) is 4.06. The van der Waals surface area contributed by atoms with E-state index in [1.54, 1.807) is 0 Å². The average Bonchev–Trinajstić information content (AvgIpc) is 2.60. The summed E-state index contributed by atoms with van der Waals surface area (Å²) < 4.78 is 11.5. The van der Waals surface area contributed by atoms with Gasteiger partial charge in [0.25, 0.3) is 5.91 Å². The van der Waals surface area contributed by atoms with E-state index in [0.29, 0.717) is 19.7 Å². The fourth-order valence-corrected chi connectivity index (χ4v) is 2.90. The van der Waals surface area contributed by atoms with Crippen molar-refractivity contribution in [3.8, 4) is 0 Å². The molecule has 24 heavy (non-hydrogen) atoms. The van der Waals surface area contributed by atoms with E-state index in [9.17, 15) is 4.79 Å². The lowest BCUT2D eigenvalue weighted by Gasteiger charge is -2.36. The molecule has 4 nitrogen and oxygen atoms in total. The van der Waals surface area contributed by atoms with Crippen LogP contribution in [-0.4, -0.2) is 36.2 Å². The fraction of sp³-hybridized carbons (Fsp3) is 0.350. The average molecular weight is 325 g/mol. The third kappa shape index (κ3) is 4.43. The van der Waals surface area contributed by atoms with Crippen molar-refractivity contribution in [2.75, 3.05) is 13.2 Å². The van der Waals surface area contributed by atoms with Crippen LogP contribution in [0.15, 0.2) is 60.7 Å². The molecule has 3 rings (SSSR count). The van der Waals surface area contributed by atoms with Gasteiger partial charge in [-0.05, 0) is 18.1 Å². The highest BCUT2D eigenvalue weighted by Gasteiger charge is 2.33. The minimum Gasteiger partial charge on any atom is -0.374 e. The Morgan fingerprint density at radius 3 is 2.33 bits per heavy atom. The molecule has 0 bridgehead atoms. The second kappa shape index (κ2) is 8.08. The maximum Gasteiger partial charge on any atom is 0.254 e. The van der Waals surface area contributed by atoms with Crippen molar-refractivity contribution < 1.29 is 14.3 Å². The molecule has 1 aliphatic heterocycles. The summed E-state index contributed by atoms with van der Waals surface area (Å²) in [4.78, 5) is 14.5. The van der Waals surface area contributed by atoms with E-state index in [4.69, 9.17) is 9.47 Å². The quantitative estimate of drug-likeness (QED) is 0.819. The number of carbonyl (C=O) groups excluding carboxylic acids is 1. The number of nitrogens with zero attached hydrogens (tertiary/aromatic N) is 1. The minimum absolute atomic E-state index is 0.00464. The minimum atomic E-state index is -0.527. The Bertz CT molecular complexity index is 644. The molecule has 2 aromatic carbocycles. The molecule has 0 aliphatic carbocycles. The number of amides is 1. The van der Waals surface area contributed by atoms with Crippen LogP contribution in [0.4, 0.5) is 0 Å². The molecule has 0 unspecified atom stereocenters. The zero-order chi connectivity index (χ0) is 16.8. The van der Waals surface area contributed by atoms with Gasteiger partial charge in [0.1, 0.15) is 0 Å². The summed E-state index contributed by atoms with van der Waals surface area (Å²) in [6.45, 7) is 3.99. The topological polar surface area (TPSA) is 38.8 Å². The number of rotatable bonds is 6. The summed E-state index contributed by atoms with van der Waals surface area (Å²) in [6, 6.07) is 20.0. The van der Waals surface area contributed by atoms with E-state index >= 15 is 0 Å². The molecular formula is C20H23NO3. The van der Waals surface area contributed by atoms with Gasteiger partial charge in [-0.1, -0.05) is 60.7 Å². The smallest absolute Gasteiger partial charge is 0.254 e. The molecule has 0 spiro atoms. The Morgan fingerprint density at radius 1 is 1.04 bits per heavy atom. The third-order valence-electron chi connectivity index (χ3n) is 4.06. The molecule has 0 saturated carbocycles. The van der Waals surface area contributed by atoms with E-state index in [0.717, 1.165) is 11.1 Å². The number of hydrogen-bond donors (Lipinski definition) is 0. The molecule has 0 aromatic heterocycles. The van der Waals surface area contributed by atoms with Gasteiger partial charge in [-0.15, -0.1) is 0 Å². The van der Waals surface area contributed by atoms with Crippen LogP contribution in [0.5, 0.6) is 0 Å². The van der Waals surface area contributed by atoms with Crippen LogP contribution in [0.1, 0.15) is 18.1 Å². The van der Waals surface area contributed by atoms with Crippen LogP contribution in [0.2, 0.25) is 0 Å². The van der Waals surface area contributed by atoms with Crippen molar-refractivity contribution in [1.29, 1.82) is 0 Å².